The van der Waals surface area contributed by atoms with E-state index < -0.39 is 5.97 Å². The Morgan fingerprint density at radius 2 is 1.76 bits per heavy atom. The minimum Gasteiger partial charge on any atom is -0.422 e. The topological polar surface area (TPSA) is 43.4 Å². The van der Waals surface area contributed by atoms with Crippen molar-refractivity contribution in [1.29, 1.82) is 0 Å². The molecule has 2 heterocycles. The van der Waals surface area contributed by atoms with Gasteiger partial charge < -0.3 is 4.74 Å². The molecule has 0 amide bonds. The molecule has 0 radical (unpaired) electrons. The van der Waals surface area contributed by atoms with Crippen LogP contribution < -0.4 is 4.74 Å². The number of para-hydroxylation sites is 1. The van der Waals surface area contributed by atoms with Crippen LogP contribution in [-0.2, 0) is 0 Å². The number of carbonyl (C=O) groups excluding carboxylic acids is 2. The van der Waals surface area contributed by atoms with E-state index in [2.05, 4.69) is 0 Å². The highest BCUT2D eigenvalue weighted by molar-refractivity contribution is 8.04. The number of thiophene rings is 1. The summed E-state index contributed by atoms with van der Waals surface area (Å²) in [5, 5.41) is 1.83. The van der Waals surface area contributed by atoms with E-state index in [1.807, 2.05) is 41.8 Å². The molecule has 0 fully saturated rings. The molecule has 1 aromatic heterocycles. The van der Waals surface area contributed by atoms with Gasteiger partial charge in [-0.05, 0) is 35.7 Å². The Balaban J connectivity index is 1.64. The maximum Gasteiger partial charge on any atom is 0.353 e. The van der Waals surface area contributed by atoms with E-state index in [-0.39, 0.29) is 5.78 Å². The molecule has 0 saturated heterocycles. The SMILES string of the molecule is O=C(Oc1ccccc1/C=C1/Sc2ccccc2C1=O)c1cccs1. The van der Waals surface area contributed by atoms with Crippen molar-refractivity contribution in [3.05, 3.63) is 87.0 Å². The molecule has 0 bridgehead atoms. The summed E-state index contributed by atoms with van der Waals surface area (Å²) < 4.78 is 5.52. The van der Waals surface area contributed by atoms with Crippen LogP contribution in [0.25, 0.3) is 6.08 Å². The molecule has 0 atom stereocenters. The van der Waals surface area contributed by atoms with Crippen molar-refractivity contribution in [3.63, 3.8) is 0 Å². The highest BCUT2D eigenvalue weighted by atomic mass is 32.2. The van der Waals surface area contributed by atoms with Crippen molar-refractivity contribution in [2.45, 2.75) is 4.90 Å². The largest absolute Gasteiger partial charge is 0.422 e. The van der Waals surface area contributed by atoms with Crippen molar-refractivity contribution in [2.24, 2.45) is 0 Å². The fourth-order valence-electron chi connectivity index (χ4n) is 2.51. The Hall–Kier alpha value is -2.63. The lowest BCUT2D eigenvalue weighted by atomic mass is 10.1. The fraction of sp³-hybridized carbons (Fsp3) is 0. The highest BCUT2D eigenvalue weighted by Crippen LogP contribution is 2.41. The zero-order valence-electron chi connectivity index (χ0n) is 13.0. The van der Waals surface area contributed by atoms with Crippen LogP contribution in [-0.4, -0.2) is 11.8 Å². The van der Waals surface area contributed by atoms with Crippen LogP contribution in [0.15, 0.2) is 75.8 Å². The van der Waals surface area contributed by atoms with Gasteiger partial charge in [0.25, 0.3) is 0 Å². The van der Waals surface area contributed by atoms with Gasteiger partial charge in [0, 0.05) is 16.0 Å². The molecule has 2 aromatic carbocycles. The number of ether oxygens (including phenoxy) is 1. The molecule has 122 valence electrons. The Morgan fingerprint density at radius 1 is 0.960 bits per heavy atom. The zero-order chi connectivity index (χ0) is 17.2. The van der Waals surface area contributed by atoms with Crippen molar-refractivity contribution in [2.75, 3.05) is 0 Å². The molecule has 0 N–H and O–H groups in total. The van der Waals surface area contributed by atoms with Gasteiger partial charge in [-0.25, -0.2) is 4.79 Å². The van der Waals surface area contributed by atoms with Crippen LogP contribution >= 0.6 is 23.1 Å². The second kappa shape index (κ2) is 6.70. The summed E-state index contributed by atoms with van der Waals surface area (Å²) in [6.07, 6.45) is 1.78. The summed E-state index contributed by atoms with van der Waals surface area (Å²) in [4.78, 5) is 26.8. The van der Waals surface area contributed by atoms with Gasteiger partial charge in [-0.1, -0.05) is 48.2 Å². The Kier molecular flexibility index (Phi) is 4.26. The van der Waals surface area contributed by atoms with Gasteiger partial charge in [0.1, 0.15) is 10.6 Å². The molecule has 3 aromatic rings. The van der Waals surface area contributed by atoms with Gasteiger partial charge in [-0.15, -0.1) is 11.3 Å². The van der Waals surface area contributed by atoms with E-state index in [0.717, 1.165) is 4.90 Å². The first-order chi connectivity index (χ1) is 12.2. The first-order valence-corrected chi connectivity index (χ1v) is 9.30. The number of rotatable bonds is 3. The van der Waals surface area contributed by atoms with Crippen LogP contribution in [0.2, 0.25) is 0 Å². The minimum atomic E-state index is -0.394. The molecule has 0 aliphatic carbocycles. The lowest BCUT2D eigenvalue weighted by Gasteiger charge is -2.07. The number of benzene rings is 2. The summed E-state index contributed by atoms with van der Waals surface area (Å²) in [6, 6.07) is 18.3. The number of hydrogen-bond donors (Lipinski definition) is 0. The molecule has 1 aliphatic heterocycles. The summed E-state index contributed by atoms with van der Waals surface area (Å²) in [5.74, 6) is 0.0484. The fourth-order valence-corrected chi connectivity index (χ4v) is 4.16. The zero-order valence-corrected chi connectivity index (χ0v) is 14.6. The normalized spacial score (nSPS) is 14.6. The summed E-state index contributed by atoms with van der Waals surface area (Å²) >= 11 is 2.77. The molecule has 25 heavy (non-hydrogen) atoms. The average Bonchev–Trinajstić information content (AvgIpc) is 3.26. The van der Waals surface area contributed by atoms with Gasteiger partial charge in [0.2, 0.25) is 5.78 Å². The predicted octanol–water partition coefficient (Wildman–Crippen LogP) is 5.30. The Bertz CT molecular complexity index is 988. The molecule has 3 nitrogen and oxygen atoms in total. The van der Waals surface area contributed by atoms with Gasteiger partial charge in [0.05, 0.1) is 4.91 Å². The van der Waals surface area contributed by atoms with Crippen molar-refractivity contribution >= 4 is 40.9 Å². The second-order valence-electron chi connectivity index (χ2n) is 5.34. The number of carbonyl (C=O) groups is 2. The van der Waals surface area contributed by atoms with Crippen molar-refractivity contribution in [1.82, 2.24) is 0 Å². The summed E-state index contributed by atoms with van der Waals surface area (Å²) in [5.41, 5.74) is 1.42. The maximum absolute atomic E-state index is 12.5. The summed E-state index contributed by atoms with van der Waals surface area (Å²) in [7, 11) is 0. The molecule has 0 unspecified atom stereocenters. The number of ketones is 1. The van der Waals surface area contributed by atoms with Crippen LogP contribution in [0.3, 0.4) is 0 Å². The first kappa shape index (κ1) is 15.9. The van der Waals surface area contributed by atoms with Crippen molar-refractivity contribution in [3.8, 4) is 5.75 Å². The van der Waals surface area contributed by atoms with E-state index >= 15 is 0 Å². The highest BCUT2D eigenvalue weighted by Gasteiger charge is 2.25. The van der Waals surface area contributed by atoms with Gasteiger partial charge in [0.15, 0.2) is 0 Å². The molecule has 5 heteroatoms. The van der Waals surface area contributed by atoms with E-state index in [1.54, 1.807) is 30.3 Å². The van der Waals surface area contributed by atoms with E-state index in [1.165, 1.54) is 23.1 Å². The lowest BCUT2D eigenvalue weighted by molar-refractivity contribution is 0.0739. The lowest BCUT2D eigenvalue weighted by Crippen LogP contribution is -2.07. The smallest absolute Gasteiger partial charge is 0.353 e. The summed E-state index contributed by atoms with van der Waals surface area (Å²) in [6.45, 7) is 0. The van der Waals surface area contributed by atoms with E-state index in [4.69, 9.17) is 4.74 Å². The monoisotopic (exact) mass is 364 g/mol. The number of hydrogen-bond acceptors (Lipinski definition) is 5. The third kappa shape index (κ3) is 3.16. The Morgan fingerprint density at radius 3 is 2.56 bits per heavy atom. The minimum absolute atomic E-state index is 0.0000126. The molecular formula is C20H12O3S2. The van der Waals surface area contributed by atoms with Gasteiger partial charge in [-0.3, -0.25) is 4.79 Å². The quantitative estimate of drug-likeness (QED) is 0.359. The van der Waals surface area contributed by atoms with Gasteiger partial charge >= 0.3 is 5.97 Å². The number of Topliss-reactive ketones (excluding diaryl/α,β-unsaturated/α-hetero) is 1. The first-order valence-electron chi connectivity index (χ1n) is 7.60. The van der Waals surface area contributed by atoms with Crippen LogP contribution in [0.5, 0.6) is 5.75 Å². The van der Waals surface area contributed by atoms with E-state index in [9.17, 15) is 9.59 Å². The van der Waals surface area contributed by atoms with Crippen molar-refractivity contribution < 1.29 is 14.3 Å². The molecular weight excluding hydrogens is 352 g/mol. The average molecular weight is 364 g/mol. The number of thioether (sulfide) groups is 1. The third-order valence-electron chi connectivity index (χ3n) is 3.71. The predicted molar refractivity (Wildman–Crippen MR) is 100 cm³/mol. The molecule has 4 rings (SSSR count). The van der Waals surface area contributed by atoms with Crippen LogP contribution in [0.4, 0.5) is 0 Å². The molecule has 1 aliphatic rings. The molecule has 0 saturated carbocycles. The standard InChI is InChI=1S/C20H12O3S2/c21-19-14-7-2-4-9-16(14)25-18(19)12-13-6-1-3-8-15(13)23-20(22)17-10-5-11-24-17/h1-12H/b18-12+. The Labute approximate surface area is 153 Å². The number of fused-ring (bicyclic) bond motifs is 1. The number of esters is 1. The van der Waals surface area contributed by atoms with Gasteiger partial charge in [-0.2, -0.15) is 0 Å². The van der Waals surface area contributed by atoms with E-state index in [0.29, 0.717) is 26.7 Å². The maximum atomic E-state index is 12.5. The van der Waals surface area contributed by atoms with Crippen LogP contribution in [0, 0.1) is 0 Å². The van der Waals surface area contributed by atoms with Crippen LogP contribution in [0.1, 0.15) is 25.6 Å². The molecule has 0 spiro atoms. The number of allylic oxidation sites excluding steroid dienone is 1. The second-order valence-corrected chi connectivity index (χ2v) is 7.37. The third-order valence-corrected chi connectivity index (χ3v) is 5.65.